The van der Waals surface area contributed by atoms with Crippen LogP contribution < -0.4 is 5.73 Å². The summed E-state index contributed by atoms with van der Waals surface area (Å²) in [5.74, 6) is -0.134. The molecule has 3 amide bonds. The van der Waals surface area contributed by atoms with Crippen LogP contribution in [-0.4, -0.2) is 44.4 Å². The Morgan fingerprint density at radius 2 is 2.32 bits per heavy atom. The Bertz CT molecular complexity index is 556. The number of hydrogen-bond donors (Lipinski definition) is 1. The quantitative estimate of drug-likeness (QED) is 0.765. The molecule has 1 atom stereocenters. The lowest BCUT2D eigenvalue weighted by Crippen LogP contribution is -2.53. The summed E-state index contributed by atoms with van der Waals surface area (Å²) in [5.41, 5.74) is 6.36. The largest absolute Gasteiger partial charge is 0.351 e. The van der Waals surface area contributed by atoms with Gasteiger partial charge >= 0.3 is 6.03 Å². The molecule has 1 fully saturated rings. The molecule has 3 rings (SSSR count). The Hall–Kier alpha value is -2.44. The second kappa shape index (κ2) is 4.34. The molecule has 1 aromatic heterocycles. The Labute approximate surface area is 109 Å². The fourth-order valence-corrected chi connectivity index (χ4v) is 2.41. The van der Waals surface area contributed by atoms with Gasteiger partial charge in [0.15, 0.2) is 0 Å². The highest BCUT2D eigenvalue weighted by atomic mass is 16.2. The van der Waals surface area contributed by atoms with Crippen LogP contribution in [0.3, 0.4) is 0 Å². The van der Waals surface area contributed by atoms with Gasteiger partial charge in [-0.1, -0.05) is 0 Å². The number of nitrogens with two attached hydrogens (primary N) is 1. The zero-order valence-corrected chi connectivity index (χ0v) is 10.1. The molecule has 0 saturated carbocycles. The van der Waals surface area contributed by atoms with E-state index in [4.69, 9.17) is 5.73 Å². The first-order chi connectivity index (χ1) is 9.18. The van der Waals surface area contributed by atoms with Crippen molar-refractivity contribution >= 4 is 17.6 Å². The minimum atomic E-state index is -0.606. The first-order valence-corrected chi connectivity index (χ1v) is 5.89. The zero-order chi connectivity index (χ0) is 13.4. The Balaban J connectivity index is 2.08. The third-order valence-electron chi connectivity index (χ3n) is 3.22. The molecular weight excluding hydrogens is 246 g/mol. The van der Waals surface area contributed by atoms with E-state index in [9.17, 15) is 9.59 Å². The molecule has 0 aromatic carbocycles. The van der Waals surface area contributed by atoms with Crippen LogP contribution in [0.1, 0.15) is 12.1 Å². The molecule has 0 spiro atoms. The lowest BCUT2D eigenvalue weighted by Gasteiger charge is -2.38. The van der Waals surface area contributed by atoms with Crippen molar-refractivity contribution in [2.45, 2.75) is 12.6 Å². The molecule has 1 unspecified atom stereocenters. The lowest BCUT2D eigenvalue weighted by atomic mass is 10.1. The number of carbonyl (C=O) groups excluding carboxylic acids is 2. The summed E-state index contributed by atoms with van der Waals surface area (Å²) in [6, 6.07) is 1.03. The molecule has 3 heterocycles. The van der Waals surface area contributed by atoms with Crippen LogP contribution in [0.25, 0.3) is 5.70 Å². The van der Waals surface area contributed by atoms with Crippen LogP contribution in [0.5, 0.6) is 0 Å². The van der Waals surface area contributed by atoms with E-state index in [2.05, 4.69) is 9.97 Å². The third kappa shape index (κ3) is 1.83. The number of amides is 3. The standard InChI is InChI=1S/C12H12N5O2/c13-12(19)17-9(8-3-4-14-7-15-8)6-11(18)16-5-1-2-10(16)17/h2-4,6-7,10H,1,5H2,(H2,13,19). The number of nitrogens with zero attached hydrogens (tertiary/aromatic N) is 4. The van der Waals surface area contributed by atoms with E-state index in [0.717, 1.165) is 6.42 Å². The van der Waals surface area contributed by atoms with E-state index in [1.165, 1.54) is 17.3 Å². The fraction of sp³-hybridized carbons (Fsp3) is 0.250. The molecule has 97 valence electrons. The molecule has 0 aliphatic carbocycles. The van der Waals surface area contributed by atoms with Crippen molar-refractivity contribution in [2.24, 2.45) is 5.73 Å². The molecular formula is C12H12N5O2. The maximum Gasteiger partial charge on any atom is 0.321 e. The van der Waals surface area contributed by atoms with Gasteiger partial charge in [0.05, 0.1) is 11.4 Å². The number of aromatic nitrogens is 2. The minimum absolute atomic E-state index is 0.134. The van der Waals surface area contributed by atoms with Gasteiger partial charge in [0.2, 0.25) is 5.91 Å². The highest BCUT2D eigenvalue weighted by Gasteiger charge is 2.40. The van der Waals surface area contributed by atoms with Crippen molar-refractivity contribution in [1.82, 2.24) is 19.8 Å². The minimum Gasteiger partial charge on any atom is -0.351 e. The van der Waals surface area contributed by atoms with Crippen LogP contribution in [-0.2, 0) is 4.79 Å². The third-order valence-corrected chi connectivity index (χ3v) is 3.22. The first kappa shape index (κ1) is 11.6. The van der Waals surface area contributed by atoms with Crippen molar-refractivity contribution in [3.63, 3.8) is 0 Å². The van der Waals surface area contributed by atoms with E-state index in [1.807, 2.05) is 6.42 Å². The van der Waals surface area contributed by atoms with Gasteiger partial charge in [-0.05, 0) is 12.5 Å². The van der Waals surface area contributed by atoms with Crippen LogP contribution in [0.2, 0.25) is 0 Å². The topological polar surface area (TPSA) is 92.4 Å². The van der Waals surface area contributed by atoms with Crippen LogP contribution in [0.4, 0.5) is 4.79 Å². The highest BCUT2D eigenvalue weighted by Crippen LogP contribution is 2.31. The number of carbonyl (C=O) groups is 2. The summed E-state index contributed by atoms with van der Waals surface area (Å²) >= 11 is 0. The smallest absolute Gasteiger partial charge is 0.321 e. The van der Waals surface area contributed by atoms with Gasteiger partial charge in [0.25, 0.3) is 0 Å². The van der Waals surface area contributed by atoms with E-state index in [0.29, 0.717) is 17.9 Å². The number of hydrogen-bond acceptors (Lipinski definition) is 4. The fourth-order valence-electron chi connectivity index (χ4n) is 2.41. The predicted octanol–water partition coefficient (Wildman–Crippen LogP) is -0.0255. The van der Waals surface area contributed by atoms with E-state index < -0.39 is 12.2 Å². The monoisotopic (exact) mass is 258 g/mol. The van der Waals surface area contributed by atoms with E-state index in [1.54, 1.807) is 17.2 Å². The molecule has 7 nitrogen and oxygen atoms in total. The number of primary amides is 1. The second-order valence-electron chi connectivity index (χ2n) is 4.30. The van der Waals surface area contributed by atoms with Crippen molar-refractivity contribution in [3.05, 3.63) is 36.8 Å². The highest BCUT2D eigenvalue weighted by molar-refractivity contribution is 6.00. The zero-order valence-electron chi connectivity index (χ0n) is 10.1. The number of fused-ring (bicyclic) bond motifs is 1. The number of urea groups is 1. The van der Waals surface area contributed by atoms with Gasteiger partial charge < -0.3 is 10.6 Å². The van der Waals surface area contributed by atoms with Gasteiger partial charge in [-0.3, -0.25) is 9.69 Å². The van der Waals surface area contributed by atoms with Crippen LogP contribution >= 0.6 is 0 Å². The molecule has 7 heteroatoms. The van der Waals surface area contributed by atoms with Crippen LogP contribution in [0.15, 0.2) is 24.7 Å². The molecule has 2 N–H and O–H groups in total. The lowest BCUT2D eigenvalue weighted by molar-refractivity contribution is -0.128. The van der Waals surface area contributed by atoms with Gasteiger partial charge in [-0.25, -0.2) is 14.8 Å². The molecule has 19 heavy (non-hydrogen) atoms. The summed E-state index contributed by atoms with van der Waals surface area (Å²) < 4.78 is 0. The van der Waals surface area contributed by atoms with Gasteiger partial charge in [-0.2, -0.15) is 0 Å². The van der Waals surface area contributed by atoms with Crippen molar-refractivity contribution in [1.29, 1.82) is 0 Å². The van der Waals surface area contributed by atoms with Gasteiger partial charge in [-0.15, -0.1) is 0 Å². The molecule has 0 bridgehead atoms. The summed E-state index contributed by atoms with van der Waals surface area (Å²) in [6.07, 6.45) is 6.53. The van der Waals surface area contributed by atoms with Crippen molar-refractivity contribution < 1.29 is 9.59 Å². The average Bonchev–Trinajstić information content (AvgIpc) is 2.88. The summed E-state index contributed by atoms with van der Waals surface area (Å²) in [4.78, 5) is 34.6. The van der Waals surface area contributed by atoms with E-state index >= 15 is 0 Å². The maximum atomic E-state index is 12.0. The molecule has 2 aliphatic rings. The summed E-state index contributed by atoms with van der Waals surface area (Å²) in [6.45, 7) is 0.598. The first-order valence-electron chi connectivity index (χ1n) is 5.89. The Morgan fingerprint density at radius 3 is 3.00 bits per heavy atom. The molecule has 1 radical (unpaired) electrons. The molecule has 1 saturated heterocycles. The number of rotatable bonds is 1. The average molecular weight is 258 g/mol. The summed E-state index contributed by atoms with van der Waals surface area (Å²) in [5, 5.41) is 0. The maximum absolute atomic E-state index is 12.0. The van der Waals surface area contributed by atoms with E-state index in [-0.39, 0.29) is 5.91 Å². The second-order valence-corrected chi connectivity index (χ2v) is 4.30. The Morgan fingerprint density at radius 1 is 1.47 bits per heavy atom. The molecule has 2 aliphatic heterocycles. The van der Waals surface area contributed by atoms with Gasteiger partial charge in [0.1, 0.15) is 12.5 Å². The predicted molar refractivity (Wildman–Crippen MR) is 65.8 cm³/mol. The SMILES string of the molecule is NC(=O)N1C(c2ccncn2)=CC(=O)N2CC[CH]C21. The van der Waals surface area contributed by atoms with Crippen molar-refractivity contribution in [2.75, 3.05) is 6.54 Å². The normalized spacial score (nSPS) is 22.2. The van der Waals surface area contributed by atoms with Crippen molar-refractivity contribution in [3.8, 4) is 0 Å². The Kier molecular flexibility index (Phi) is 2.66. The molecule has 1 aromatic rings. The summed E-state index contributed by atoms with van der Waals surface area (Å²) in [7, 11) is 0. The van der Waals surface area contributed by atoms with Gasteiger partial charge in [0, 0.05) is 25.2 Å². The van der Waals surface area contributed by atoms with Crippen LogP contribution in [0, 0.1) is 6.42 Å².